The maximum absolute atomic E-state index is 13.8. The molecule has 0 unspecified atom stereocenters. The van der Waals surface area contributed by atoms with Crippen LogP contribution < -0.4 is 10.5 Å². The molecule has 5 nitrogen and oxygen atoms in total. The Bertz CT molecular complexity index is 963. The zero-order chi connectivity index (χ0) is 16.0. The molecule has 1 aromatic heterocycles. The number of fused-ring (bicyclic) bond motifs is 2. The average Bonchev–Trinajstić information content (AvgIpc) is 2.82. The summed E-state index contributed by atoms with van der Waals surface area (Å²) in [6.07, 6.45) is 0. The van der Waals surface area contributed by atoms with Gasteiger partial charge in [-0.1, -0.05) is 11.6 Å². The summed E-state index contributed by atoms with van der Waals surface area (Å²) >= 11 is 5.90. The quantitative estimate of drug-likeness (QED) is 0.721. The first kappa shape index (κ1) is 14.3. The molecule has 0 radical (unpaired) electrons. The second-order valence-corrected chi connectivity index (χ2v) is 5.67. The Balaban J connectivity index is 1.84. The fourth-order valence-electron chi connectivity index (χ4n) is 2.73. The van der Waals surface area contributed by atoms with Crippen LogP contribution in [-0.4, -0.2) is 11.4 Å². The third kappa shape index (κ3) is 2.50. The first-order chi connectivity index (χ1) is 11.1. The fraction of sp³-hybridized carbons (Fsp3) is 0.188. The lowest BCUT2D eigenvalue weighted by atomic mass is 10.1. The molecular weight excluding hydrogens is 325 g/mol. The lowest BCUT2D eigenvalue weighted by Crippen LogP contribution is -2.18. The van der Waals surface area contributed by atoms with Crippen molar-refractivity contribution in [1.29, 1.82) is 0 Å². The Morgan fingerprint density at radius 3 is 3.00 bits per heavy atom. The van der Waals surface area contributed by atoms with E-state index in [2.05, 4.69) is 0 Å². The van der Waals surface area contributed by atoms with Crippen molar-refractivity contribution >= 4 is 22.7 Å². The van der Waals surface area contributed by atoms with Gasteiger partial charge in [-0.3, -0.25) is 4.57 Å². The van der Waals surface area contributed by atoms with E-state index < -0.39 is 11.6 Å². The molecule has 23 heavy (non-hydrogen) atoms. The van der Waals surface area contributed by atoms with Crippen molar-refractivity contribution in [2.75, 3.05) is 6.79 Å². The molecule has 2 aromatic carbocycles. The molecule has 118 valence electrons. The number of aromatic nitrogens is 1. The molecule has 0 saturated heterocycles. The van der Waals surface area contributed by atoms with Crippen molar-refractivity contribution < 1.29 is 18.3 Å². The van der Waals surface area contributed by atoms with E-state index in [-0.39, 0.29) is 19.9 Å². The van der Waals surface area contributed by atoms with E-state index in [0.717, 1.165) is 0 Å². The van der Waals surface area contributed by atoms with E-state index in [0.29, 0.717) is 33.0 Å². The Hall–Kier alpha value is -2.31. The zero-order valence-corrected chi connectivity index (χ0v) is 12.6. The van der Waals surface area contributed by atoms with E-state index in [9.17, 15) is 9.18 Å². The van der Waals surface area contributed by atoms with Crippen LogP contribution in [-0.2, 0) is 17.9 Å². The molecule has 0 saturated carbocycles. The third-order valence-corrected chi connectivity index (χ3v) is 3.95. The molecule has 0 bridgehead atoms. The predicted molar refractivity (Wildman–Crippen MR) is 81.3 cm³/mol. The lowest BCUT2D eigenvalue weighted by Gasteiger charge is -2.20. The van der Waals surface area contributed by atoms with Crippen molar-refractivity contribution in [3.63, 3.8) is 0 Å². The summed E-state index contributed by atoms with van der Waals surface area (Å²) in [4.78, 5) is 12.1. The Labute approximate surface area is 134 Å². The molecule has 0 fully saturated rings. The number of halogens is 2. The second kappa shape index (κ2) is 5.40. The zero-order valence-electron chi connectivity index (χ0n) is 11.8. The number of benzene rings is 2. The SMILES string of the molecule is O=c1oc2cc(Cl)ccc2n1Cc1cc(F)cc2c1OCOC2. The third-order valence-electron chi connectivity index (χ3n) is 3.71. The Morgan fingerprint density at radius 2 is 2.13 bits per heavy atom. The topological polar surface area (TPSA) is 53.6 Å². The Kier molecular flexibility index (Phi) is 3.36. The van der Waals surface area contributed by atoms with Gasteiger partial charge >= 0.3 is 5.76 Å². The van der Waals surface area contributed by atoms with E-state index >= 15 is 0 Å². The highest BCUT2D eigenvalue weighted by molar-refractivity contribution is 6.31. The van der Waals surface area contributed by atoms with Crippen LogP contribution in [0.5, 0.6) is 5.75 Å². The van der Waals surface area contributed by atoms with E-state index in [1.165, 1.54) is 16.7 Å². The van der Waals surface area contributed by atoms with Crippen LogP contribution in [0.4, 0.5) is 4.39 Å². The monoisotopic (exact) mass is 335 g/mol. The number of oxazole rings is 1. The van der Waals surface area contributed by atoms with Crippen molar-refractivity contribution in [2.24, 2.45) is 0 Å². The normalized spacial score (nSPS) is 13.8. The van der Waals surface area contributed by atoms with Crippen LogP contribution in [0, 0.1) is 5.82 Å². The van der Waals surface area contributed by atoms with Crippen molar-refractivity contribution in [2.45, 2.75) is 13.2 Å². The summed E-state index contributed by atoms with van der Waals surface area (Å²) in [6, 6.07) is 7.65. The van der Waals surface area contributed by atoms with Crippen LogP contribution in [0.2, 0.25) is 5.02 Å². The van der Waals surface area contributed by atoms with Gasteiger partial charge in [0.2, 0.25) is 0 Å². The number of rotatable bonds is 2. The molecule has 1 aliphatic heterocycles. The number of hydrogen-bond donors (Lipinski definition) is 0. The largest absolute Gasteiger partial charge is 0.467 e. The number of nitrogens with zero attached hydrogens (tertiary/aromatic N) is 1. The van der Waals surface area contributed by atoms with Gasteiger partial charge in [-0.05, 0) is 24.3 Å². The number of hydrogen-bond acceptors (Lipinski definition) is 4. The summed E-state index contributed by atoms with van der Waals surface area (Å²) in [6.45, 7) is 0.507. The standard InChI is InChI=1S/C16H11ClFNO4/c17-11-1-2-13-14(5-11)23-16(20)19(13)6-9-3-12(18)4-10-7-21-8-22-15(9)10/h1-5H,6-8H2. The maximum Gasteiger partial charge on any atom is 0.420 e. The van der Waals surface area contributed by atoms with Gasteiger partial charge in [-0.15, -0.1) is 0 Å². The van der Waals surface area contributed by atoms with Crippen LogP contribution in [0.1, 0.15) is 11.1 Å². The first-order valence-corrected chi connectivity index (χ1v) is 7.30. The van der Waals surface area contributed by atoms with Crippen molar-refractivity contribution in [3.05, 3.63) is 62.8 Å². The molecule has 1 aliphatic rings. The smallest absolute Gasteiger partial charge is 0.420 e. The highest BCUT2D eigenvalue weighted by atomic mass is 35.5. The minimum atomic E-state index is -0.535. The number of ether oxygens (including phenoxy) is 2. The molecule has 0 spiro atoms. The van der Waals surface area contributed by atoms with Gasteiger partial charge in [-0.25, -0.2) is 9.18 Å². The van der Waals surface area contributed by atoms with E-state index in [1.807, 2.05) is 0 Å². The first-order valence-electron chi connectivity index (χ1n) is 6.92. The minimum absolute atomic E-state index is 0.0995. The van der Waals surface area contributed by atoms with Gasteiger partial charge < -0.3 is 13.9 Å². The summed E-state index contributed by atoms with van der Waals surface area (Å²) in [5.74, 6) is -0.392. The van der Waals surface area contributed by atoms with Crippen LogP contribution in [0.25, 0.3) is 11.1 Å². The summed E-state index contributed by atoms with van der Waals surface area (Å²) < 4.78 is 31.0. The molecule has 0 amide bonds. The highest BCUT2D eigenvalue weighted by Crippen LogP contribution is 2.30. The average molecular weight is 336 g/mol. The van der Waals surface area contributed by atoms with Gasteiger partial charge in [0, 0.05) is 22.2 Å². The van der Waals surface area contributed by atoms with Crippen molar-refractivity contribution in [3.8, 4) is 5.75 Å². The second-order valence-electron chi connectivity index (χ2n) is 5.23. The van der Waals surface area contributed by atoms with Gasteiger partial charge in [0.1, 0.15) is 11.6 Å². The fourth-order valence-corrected chi connectivity index (χ4v) is 2.90. The van der Waals surface area contributed by atoms with Crippen LogP contribution in [0.3, 0.4) is 0 Å². The molecule has 0 N–H and O–H groups in total. The summed E-state index contributed by atoms with van der Waals surface area (Å²) in [5.41, 5.74) is 2.15. The van der Waals surface area contributed by atoms with Crippen LogP contribution in [0.15, 0.2) is 39.5 Å². The molecule has 4 rings (SSSR count). The minimum Gasteiger partial charge on any atom is -0.467 e. The molecule has 0 atom stereocenters. The predicted octanol–water partition coefficient (Wildman–Crippen LogP) is 3.30. The molecule has 7 heteroatoms. The van der Waals surface area contributed by atoms with Crippen molar-refractivity contribution in [1.82, 2.24) is 4.57 Å². The van der Waals surface area contributed by atoms with Gasteiger partial charge in [-0.2, -0.15) is 0 Å². The summed E-state index contributed by atoms with van der Waals surface area (Å²) in [5, 5.41) is 0.474. The van der Waals surface area contributed by atoms with Gasteiger partial charge in [0.05, 0.1) is 18.7 Å². The molecular formula is C16H11ClFNO4. The van der Waals surface area contributed by atoms with Crippen LogP contribution >= 0.6 is 11.6 Å². The Morgan fingerprint density at radius 1 is 1.26 bits per heavy atom. The lowest BCUT2D eigenvalue weighted by molar-refractivity contribution is -0.0173. The van der Waals surface area contributed by atoms with E-state index in [1.54, 1.807) is 18.2 Å². The van der Waals surface area contributed by atoms with Gasteiger partial charge in [0.25, 0.3) is 0 Å². The molecule has 2 heterocycles. The molecule has 3 aromatic rings. The summed E-state index contributed by atoms with van der Waals surface area (Å²) in [7, 11) is 0. The maximum atomic E-state index is 13.8. The van der Waals surface area contributed by atoms with E-state index in [4.69, 9.17) is 25.5 Å². The highest BCUT2D eigenvalue weighted by Gasteiger charge is 2.19. The van der Waals surface area contributed by atoms with Gasteiger partial charge in [0.15, 0.2) is 12.4 Å². The molecule has 0 aliphatic carbocycles.